The number of thiol groups is 1. The van der Waals surface area contributed by atoms with E-state index in [0.717, 1.165) is 18.4 Å². The van der Waals surface area contributed by atoms with Crippen molar-refractivity contribution >= 4 is 24.6 Å². The molecule has 0 saturated heterocycles. The predicted octanol–water partition coefficient (Wildman–Crippen LogP) is 2.11. The summed E-state index contributed by atoms with van der Waals surface area (Å²) in [6.45, 7) is 3.53. The minimum atomic E-state index is -0.673. The number of amides is 1. The number of pyridine rings is 1. The second kappa shape index (κ2) is 7.20. The first-order valence-corrected chi connectivity index (χ1v) is 8.07. The third kappa shape index (κ3) is 3.35. The van der Waals surface area contributed by atoms with Gasteiger partial charge in [-0.3, -0.25) is 14.2 Å². The molecule has 0 unspecified atom stereocenters. The van der Waals surface area contributed by atoms with Crippen molar-refractivity contribution in [2.24, 2.45) is 5.73 Å². The Kier molecular flexibility index (Phi) is 5.44. The highest BCUT2D eigenvalue weighted by Gasteiger charge is 2.30. The van der Waals surface area contributed by atoms with E-state index in [1.807, 2.05) is 6.92 Å². The number of phenols is 1. The van der Waals surface area contributed by atoms with E-state index in [2.05, 4.69) is 12.9 Å². The Labute approximate surface area is 150 Å². The second-order valence-corrected chi connectivity index (χ2v) is 6.05. The van der Waals surface area contributed by atoms with Crippen molar-refractivity contribution in [2.75, 3.05) is 5.73 Å². The maximum atomic E-state index is 12.9. The number of hydrogen-bond acceptors (Lipinski definition) is 6. The van der Waals surface area contributed by atoms with Gasteiger partial charge in [0.15, 0.2) is 0 Å². The Balaban J connectivity index is 0.00000109. The van der Waals surface area contributed by atoms with Crippen LogP contribution < -0.4 is 17.0 Å². The number of phenolic OH excluding ortho intramolecular Hbond substituents is 1. The van der Waals surface area contributed by atoms with Gasteiger partial charge in [0.1, 0.15) is 11.6 Å². The van der Waals surface area contributed by atoms with Crippen LogP contribution in [0.1, 0.15) is 45.8 Å². The summed E-state index contributed by atoms with van der Waals surface area (Å²) in [4.78, 5) is 24.6. The lowest BCUT2D eigenvalue weighted by atomic mass is 10.0. The van der Waals surface area contributed by atoms with Crippen molar-refractivity contribution in [3.63, 3.8) is 0 Å². The molecule has 6 N–H and O–H groups in total. The van der Waals surface area contributed by atoms with Crippen molar-refractivity contribution in [2.45, 2.75) is 32.6 Å². The SMILES string of the molecule is Cc1ccc(O)c(C)c1-n1c(N)c(C(N)=O)cc(C2CC2)c1=O.OS. The van der Waals surface area contributed by atoms with Gasteiger partial charge in [-0.1, -0.05) is 6.07 Å². The number of carbonyl (C=O) groups is 1. The number of nitrogens with two attached hydrogens (primary N) is 2. The van der Waals surface area contributed by atoms with Crippen LogP contribution >= 0.6 is 12.9 Å². The largest absolute Gasteiger partial charge is 0.508 e. The van der Waals surface area contributed by atoms with Gasteiger partial charge in [-0.15, -0.1) is 0 Å². The number of carbonyl (C=O) groups excluding carboxylic acids is 1. The fourth-order valence-electron chi connectivity index (χ4n) is 2.93. The van der Waals surface area contributed by atoms with E-state index in [-0.39, 0.29) is 28.6 Å². The van der Waals surface area contributed by atoms with Crippen LogP contribution in [0.3, 0.4) is 0 Å². The smallest absolute Gasteiger partial charge is 0.260 e. The van der Waals surface area contributed by atoms with Gasteiger partial charge < -0.3 is 21.1 Å². The van der Waals surface area contributed by atoms with Gasteiger partial charge in [-0.05, 0) is 63.2 Å². The van der Waals surface area contributed by atoms with E-state index in [0.29, 0.717) is 16.8 Å². The molecule has 1 heterocycles. The van der Waals surface area contributed by atoms with Crippen molar-refractivity contribution < 1.29 is 14.5 Å². The normalized spacial score (nSPS) is 13.1. The summed E-state index contributed by atoms with van der Waals surface area (Å²) in [7, 11) is 0. The van der Waals surface area contributed by atoms with E-state index < -0.39 is 5.91 Å². The molecule has 0 spiro atoms. The van der Waals surface area contributed by atoms with E-state index in [4.69, 9.17) is 16.0 Å². The zero-order valence-corrected chi connectivity index (χ0v) is 14.9. The number of aromatic hydroxyl groups is 1. The fourth-order valence-corrected chi connectivity index (χ4v) is 2.93. The van der Waals surface area contributed by atoms with Crippen LogP contribution in [0.2, 0.25) is 0 Å². The van der Waals surface area contributed by atoms with Gasteiger partial charge in [-0.25, -0.2) is 0 Å². The molecule has 1 aliphatic rings. The van der Waals surface area contributed by atoms with E-state index in [1.54, 1.807) is 19.1 Å². The summed E-state index contributed by atoms with van der Waals surface area (Å²) in [6.07, 6.45) is 1.82. The first kappa shape index (κ1) is 18.9. The highest BCUT2D eigenvalue weighted by Crippen LogP contribution is 2.39. The van der Waals surface area contributed by atoms with Crippen molar-refractivity contribution in [3.8, 4) is 11.4 Å². The van der Waals surface area contributed by atoms with Gasteiger partial charge in [0.25, 0.3) is 11.5 Å². The molecule has 0 bridgehead atoms. The van der Waals surface area contributed by atoms with Crippen molar-refractivity contribution in [1.82, 2.24) is 4.57 Å². The summed E-state index contributed by atoms with van der Waals surface area (Å²) in [5.41, 5.74) is 13.7. The van der Waals surface area contributed by atoms with Crippen LogP contribution in [0.15, 0.2) is 23.0 Å². The fraction of sp³-hybridized carbons (Fsp3) is 0.294. The maximum absolute atomic E-state index is 12.9. The number of aromatic nitrogens is 1. The summed E-state index contributed by atoms with van der Waals surface area (Å²) in [5, 5.41) is 9.99. The molecule has 7 nitrogen and oxygen atoms in total. The molecule has 8 heteroatoms. The highest BCUT2D eigenvalue weighted by molar-refractivity contribution is 7.74. The zero-order chi connectivity index (χ0) is 18.9. The summed E-state index contributed by atoms with van der Waals surface area (Å²) >= 11 is 2.53. The number of aryl methyl sites for hydroxylation is 1. The van der Waals surface area contributed by atoms with Crippen LogP contribution in [0.25, 0.3) is 5.69 Å². The minimum Gasteiger partial charge on any atom is -0.508 e. The molecule has 1 saturated carbocycles. The minimum absolute atomic E-state index is 0.00343. The average Bonchev–Trinajstić information content (AvgIpc) is 3.40. The monoisotopic (exact) mass is 363 g/mol. The molecule has 1 aliphatic carbocycles. The van der Waals surface area contributed by atoms with Gasteiger partial charge >= 0.3 is 0 Å². The number of nitrogens with zero attached hydrogens (tertiary/aromatic N) is 1. The molecular formula is C17H21N3O4S. The molecular weight excluding hydrogens is 342 g/mol. The lowest BCUT2D eigenvalue weighted by molar-refractivity contribution is 0.100. The van der Waals surface area contributed by atoms with Crippen molar-refractivity contribution in [3.05, 3.63) is 50.8 Å². The Hall–Kier alpha value is -2.45. The molecule has 1 aromatic heterocycles. The molecule has 2 aromatic rings. The van der Waals surface area contributed by atoms with Crippen LogP contribution in [0, 0.1) is 13.8 Å². The third-order valence-corrected chi connectivity index (χ3v) is 4.38. The first-order valence-electron chi connectivity index (χ1n) is 7.67. The zero-order valence-electron chi connectivity index (χ0n) is 14.0. The van der Waals surface area contributed by atoms with Crippen LogP contribution in [0.4, 0.5) is 5.82 Å². The summed E-state index contributed by atoms with van der Waals surface area (Å²) < 4.78 is 8.00. The lowest BCUT2D eigenvalue weighted by Crippen LogP contribution is -2.29. The Morgan fingerprint density at radius 2 is 1.88 bits per heavy atom. The third-order valence-electron chi connectivity index (χ3n) is 4.38. The number of nitrogen functional groups attached to an aromatic ring is 1. The quantitative estimate of drug-likeness (QED) is 0.421. The average molecular weight is 363 g/mol. The summed E-state index contributed by atoms with van der Waals surface area (Å²) in [6, 6.07) is 4.79. The molecule has 25 heavy (non-hydrogen) atoms. The van der Waals surface area contributed by atoms with Gasteiger partial charge in [-0.2, -0.15) is 0 Å². The number of hydrogen-bond donors (Lipinski definition) is 5. The first-order chi connectivity index (χ1) is 11.8. The molecule has 0 atom stereocenters. The number of primary amides is 1. The molecule has 1 amide bonds. The number of rotatable bonds is 3. The topological polar surface area (TPSA) is 132 Å². The van der Waals surface area contributed by atoms with Crippen LogP contribution in [-0.4, -0.2) is 20.1 Å². The van der Waals surface area contributed by atoms with Crippen LogP contribution in [0.5, 0.6) is 5.75 Å². The Bertz CT molecular complexity index is 888. The Morgan fingerprint density at radius 1 is 1.28 bits per heavy atom. The summed E-state index contributed by atoms with van der Waals surface area (Å²) in [5.74, 6) is -0.461. The van der Waals surface area contributed by atoms with Gasteiger partial charge in [0.05, 0.1) is 11.3 Å². The Morgan fingerprint density at radius 3 is 2.40 bits per heavy atom. The highest BCUT2D eigenvalue weighted by atomic mass is 32.1. The lowest BCUT2D eigenvalue weighted by Gasteiger charge is -2.19. The van der Waals surface area contributed by atoms with Crippen molar-refractivity contribution in [1.29, 1.82) is 0 Å². The predicted molar refractivity (Wildman–Crippen MR) is 99.7 cm³/mol. The van der Waals surface area contributed by atoms with Gasteiger partial charge in [0.2, 0.25) is 0 Å². The number of anilines is 1. The molecule has 0 aliphatic heterocycles. The number of benzene rings is 1. The van der Waals surface area contributed by atoms with E-state index in [1.165, 1.54) is 10.6 Å². The van der Waals surface area contributed by atoms with E-state index in [9.17, 15) is 14.7 Å². The molecule has 1 aromatic carbocycles. The standard InChI is InChI=1S/C17H19N3O3.H2OS/c1-8-3-6-13(21)9(2)14(8)20-15(18)12(16(19)22)7-11(17(20)23)10-4-5-10;1-2/h3,6-7,10,21H,4-5,18H2,1-2H3,(H2,19,22);1-2H. The molecule has 1 fully saturated rings. The second-order valence-electron chi connectivity index (χ2n) is 6.05. The van der Waals surface area contributed by atoms with E-state index >= 15 is 0 Å². The van der Waals surface area contributed by atoms with Crippen LogP contribution in [-0.2, 0) is 0 Å². The molecule has 134 valence electrons. The molecule has 0 radical (unpaired) electrons. The maximum Gasteiger partial charge on any atom is 0.260 e. The molecule has 3 rings (SSSR count). The van der Waals surface area contributed by atoms with Gasteiger partial charge in [0, 0.05) is 11.1 Å².